The number of ether oxygens (including phenoxy) is 3. The molecule has 36 heavy (non-hydrogen) atoms. The van der Waals surface area contributed by atoms with Crippen LogP contribution in [0, 0.1) is 11.8 Å². The van der Waals surface area contributed by atoms with Gasteiger partial charge in [-0.15, -0.1) is 0 Å². The lowest BCUT2D eigenvalue weighted by atomic mass is 9.85. The van der Waals surface area contributed by atoms with Crippen molar-refractivity contribution in [1.29, 1.82) is 0 Å². The Balaban J connectivity index is 1.00. The van der Waals surface area contributed by atoms with Crippen molar-refractivity contribution in [2.24, 2.45) is 11.8 Å². The van der Waals surface area contributed by atoms with Crippen molar-refractivity contribution in [3.63, 3.8) is 0 Å². The van der Waals surface area contributed by atoms with Crippen LogP contribution >= 0.6 is 0 Å². The maximum absolute atomic E-state index is 12.7. The second-order valence-electron chi connectivity index (χ2n) is 8.90. The summed E-state index contributed by atoms with van der Waals surface area (Å²) in [6.45, 7) is 0.598. The maximum atomic E-state index is 12.7. The molecule has 3 aromatic rings. The fourth-order valence-electron chi connectivity index (χ4n) is 4.96. The summed E-state index contributed by atoms with van der Waals surface area (Å²) < 4.78 is 21.9. The number of imide groups is 1. The summed E-state index contributed by atoms with van der Waals surface area (Å²) in [4.78, 5) is 50.5. The first-order chi connectivity index (χ1) is 17.5. The first-order valence-electron chi connectivity index (χ1n) is 11.7. The lowest BCUT2D eigenvalue weighted by Gasteiger charge is -2.17. The highest BCUT2D eigenvalue weighted by molar-refractivity contribution is 6.06. The van der Waals surface area contributed by atoms with E-state index in [0.29, 0.717) is 36.5 Å². The molecular weight excluding hydrogens is 466 g/mol. The summed E-state index contributed by atoms with van der Waals surface area (Å²) in [5.74, 6) is -0.888. The topological polar surface area (TPSA) is 112 Å². The van der Waals surface area contributed by atoms with Crippen LogP contribution in [0.4, 0.5) is 0 Å². The highest BCUT2D eigenvalue weighted by Gasteiger charge is 2.60. The van der Waals surface area contributed by atoms with Gasteiger partial charge in [0, 0.05) is 24.1 Å². The van der Waals surface area contributed by atoms with Gasteiger partial charge < -0.3 is 18.6 Å². The molecule has 6 rings (SSSR count). The van der Waals surface area contributed by atoms with Crippen LogP contribution in [0.3, 0.4) is 0 Å². The summed E-state index contributed by atoms with van der Waals surface area (Å²) in [5.41, 5.74) is 0.165. The molecule has 9 heteroatoms. The van der Waals surface area contributed by atoms with Crippen molar-refractivity contribution in [1.82, 2.24) is 4.90 Å². The summed E-state index contributed by atoms with van der Waals surface area (Å²) in [6, 6.07) is 14.2. The van der Waals surface area contributed by atoms with E-state index in [-0.39, 0.29) is 29.8 Å². The molecule has 0 aliphatic carbocycles. The first-order valence-corrected chi connectivity index (χ1v) is 11.7. The Hall–Kier alpha value is -4.24. The van der Waals surface area contributed by atoms with Crippen molar-refractivity contribution >= 4 is 28.8 Å². The number of hydrogen-bond donors (Lipinski definition) is 0. The molecule has 2 aromatic carbocycles. The van der Waals surface area contributed by atoms with E-state index in [1.54, 1.807) is 42.5 Å². The van der Waals surface area contributed by atoms with E-state index in [0.717, 1.165) is 5.39 Å². The molecule has 9 nitrogen and oxygen atoms in total. The van der Waals surface area contributed by atoms with E-state index in [1.807, 2.05) is 12.2 Å². The first kappa shape index (κ1) is 22.2. The van der Waals surface area contributed by atoms with Crippen molar-refractivity contribution in [2.45, 2.75) is 18.6 Å². The summed E-state index contributed by atoms with van der Waals surface area (Å²) in [5, 5.41) is 0.718. The number of esters is 1. The fourth-order valence-corrected chi connectivity index (χ4v) is 4.96. The molecule has 182 valence electrons. The van der Waals surface area contributed by atoms with Gasteiger partial charge >= 0.3 is 11.6 Å². The average molecular weight is 487 g/mol. The van der Waals surface area contributed by atoms with E-state index >= 15 is 0 Å². The molecule has 0 saturated carbocycles. The van der Waals surface area contributed by atoms with Gasteiger partial charge in [0.25, 0.3) is 0 Å². The Morgan fingerprint density at radius 2 is 1.53 bits per heavy atom. The number of likely N-dealkylation sites (tertiary alicyclic amines) is 1. The van der Waals surface area contributed by atoms with E-state index in [2.05, 4.69) is 0 Å². The molecule has 0 spiro atoms. The summed E-state index contributed by atoms with van der Waals surface area (Å²) in [6.07, 6.45) is 3.64. The van der Waals surface area contributed by atoms with Crippen LogP contribution in [0.25, 0.3) is 11.0 Å². The minimum Gasteiger partial charge on any atom is -0.494 e. The Morgan fingerprint density at radius 1 is 0.861 bits per heavy atom. The van der Waals surface area contributed by atoms with Gasteiger partial charge in [-0.2, -0.15) is 0 Å². The molecule has 2 amide bonds. The lowest BCUT2D eigenvalue weighted by Crippen LogP contribution is -2.35. The molecule has 3 aliphatic heterocycles. The van der Waals surface area contributed by atoms with Crippen molar-refractivity contribution in [2.75, 3.05) is 13.2 Å². The average Bonchev–Trinajstić information content (AvgIpc) is 3.56. The monoisotopic (exact) mass is 487 g/mol. The van der Waals surface area contributed by atoms with Gasteiger partial charge in [-0.25, -0.2) is 9.59 Å². The standard InChI is InChI=1S/C27H21NO8/c29-22-11-5-15-2-8-18(14-21(15)36-22)34-27(32)16-3-6-17(7-4-16)33-13-1-12-28-25(30)23-19-9-10-20(35-19)24(23)26(28)31/h2-11,14,19-20,23-24H,1,12-13H2/t19-,20+,23?,24?. The van der Waals surface area contributed by atoms with Gasteiger partial charge in [-0.1, -0.05) is 12.2 Å². The van der Waals surface area contributed by atoms with Crippen molar-refractivity contribution < 1.29 is 33.0 Å². The molecule has 2 unspecified atom stereocenters. The zero-order chi connectivity index (χ0) is 24.8. The zero-order valence-electron chi connectivity index (χ0n) is 19.0. The van der Waals surface area contributed by atoms with Gasteiger partial charge in [0.1, 0.15) is 17.1 Å². The third-order valence-corrected chi connectivity index (χ3v) is 6.69. The predicted molar refractivity (Wildman–Crippen MR) is 125 cm³/mol. The smallest absolute Gasteiger partial charge is 0.343 e. The van der Waals surface area contributed by atoms with E-state index in [9.17, 15) is 19.2 Å². The molecule has 1 aromatic heterocycles. The Morgan fingerprint density at radius 3 is 2.25 bits per heavy atom. The number of amides is 2. The highest BCUT2D eigenvalue weighted by Crippen LogP contribution is 2.45. The maximum Gasteiger partial charge on any atom is 0.343 e. The van der Waals surface area contributed by atoms with Crippen LogP contribution in [0.15, 0.2) is 76.0 Å². The normalized spacial score (nSPS) is 23.9. The minimum atomic E-state index is -0.566. The molecule has 2 saturated heterocycles. The predicted octanol–water partition coefficient (Wildman–Crippen LogP) is 2.72. The number of carbonyl (C=O) groups is 3. The minimum absolute atomic E-state index is 0.168. The van der Waals surface area contributed by atoms with Crippen LogP contribution in [-0.2, 0) is 14.3 Å². The van der Waals surface area contributed by atoms with Crippen LogP contribution in [0.1, 0.15) is 16.8 Å². The van der Waals surface area contributed by atoms with Crippen LogP contribution < -0.4 is 15.1 Å². The molecule has 0 N–H and O–H groups in total. The highest BCUT2D eigenvalue weighted by atomic mass is 16.5. The van der Waals surface area contributed by atoms with Gasteiger partial charge in [-0.05, 0) is 48.9 Å². The van der Waals surface area contributed by atoms with E-state index < -0.39 is 23.4 Å². The second kappa shape index (κ2) is 8.76. The summed E-state index contributed by atoms with van der Waals surface area (Å²) in [7, 11) is 0. The zero-order valence-corrected chi connectivity index (χ0v) is 19.0. The number of benzene rings is 2. The SMILES string of the molecule is O=C(Oc1ccc2ccc(=O)oc2c1)c1ccc(OCCCN2C(=O)C3C(C2=O)[C@H]2C=C[C@@H]3O2)cc1. The number of fused-ring (bicyclic) bond motifs is 6. The quantitative estimate of drug-likeness (QED) is 0.125. The third kappa shape index (κ3) is 3.87. The van der Waals surface area contributed by atoms with E-state index in [1.165, 1.54) is 17.0 Å². The van der Waals surface area contributed by atoms with Gasteiger partial charge in [-0.3, -0.25) is 14.5 Å². The lowest BCUT2D eigenvalue weighted by molar-refractivity contribution is -0.142. The number of nitrogens with zero attached hydrogens (tertiary/aromatic N) is 1. The third-order valence-electron chi connectivity index (χ3n) is 6.69. The van der Waals surface area contributed by atoms with Gasteiger partial charge in [0.2, 0.25) is 11.8 Å². The van der Waals surface area contributed by atoms with Crippen LogP contribution in [0.2, 0.25) is 0 Å². The van der Waals surface area contributed by atoms with Crippen molar-refractivity contribution in [3.05, 3.63) is 82.7 Å². The molecule has 3 aliphatic rings. The van der Waals surface area contributed by atoms with Crippen molar-refractivity contribution in [3.8, 4) is 11.5 Å². The number of hydrogen-bond acceptors (Lipinski definition) is 8. The molecule has 4 atom stereocenters. The van der Waals surface area contributed by atoms with Gasteiger partial charge in [0.15, 0.2) is 0 Å². The Kier molecular flexibility index (Phi) is 5.41. The Labute approximate surface area is 204 Å². The molecule has 4 heterocycles. The van der Waals surface area contributed by atoms with Crippen LogP contribution in [0.5, 0.6) is 11.5 Å². The molecular formula is C27H21NO8. The van der Waals surface area contributed by atoms with E-state index in [4.69, 9.17) is 18.6 Å². The largest absolute Gasteiger partial charge is 0.494 e. The summed E-state index contributed by atoms with van der Waals surface area (Å²) >= 11 is 0. The Bertz CT molecular complexity index is 1430. The fraction of sp³-hybridized carbons (Fsp3) is 0.259. The molecule has 0 radical (unpaired) electrons. The number of carbonyl (C=O) groups excluding carboxylic acids is 3. The van der Waals surface area contributed by atoms with Crippen LogP contribution in [-0.4, -0.2) is 48.0 Å². The molecule has 2 fully saturated rings. The van der Waals surface area contributed by atoms with Gasteiger partial charge in [0.05, 0.1) is 36.2 Å². The second-order valence-corrected chi connectivity index (χ2v) is 8.90. The molecule has 2 bridgehead atoms. The number of rotatable bonds is 7.